The van der Waals surface area contributed by atoms with Crippen molar-refractivity contribution in [3.63, 3.8) is 0 Å². The number of aromatic nitrogens is 4. The van der Waals surface area contributed by atoms with E-state index >= 15 is 0 Å². The first kappa shape index (κ1) is 25.3. The SMILES string of the molecule is CCCN1Cc2c(nc(-c3cnn(Cc4cccc(C(F)(F)F)c4)c3)n2C(=O)OCC)N(CC)C1=O. The molecule has 0 aliphatic carbocycles. The molecule has 0 saturated heterocycles. The monoisotopic (exact) mass is 504 g/mol. The van der Waals surface area contributed by atoms with Crippen molar-refractivity contribution in [1.82, 2.24) is 24.2 Å². The predicted octanol–water partition coefficient (Wildman–Crippen LogP) is 4.99. The van der Waals surface area contributed by atoms with Gasteiger partial charge in [0.15, 0.2) is 11.6 Å². The van der Waals surface area contributed by atoms with Crippen molar-refractivity contribution in [3.8, 4) is 11.4 Å². The second-order valence-electron chi connectivity index (χ2n) is 8.31. The third-order valence-electron chi connectivity index (χ3n) is 5.80. The van der Waals surface area contributed by atoms with Crippen molar-refractivity contribution in [1.29, 1.82) is 0 Å². The maximum Gasteiger partial charge on any atom is 0.420 e. The second-order valence-corrected chi connectivity index (χ2v) is 8.31. The normalized spacial score (nSPS) is 13.8. The van der Waals surface area contributed by atoms with Crippen LogP contribution in [0.3, 0.4) is 0 Å². The fourth-order valence-corrected chi connectivity index (χ4v) is 4.22. The van der Waals surface area contributed by atoms with E-state index in [-0.39, 0.29) is 31.6 Å². The predicted molar refractivity (Wildman–Crippen MR) is 126 cm³/mol. The summed E-state index contributed by atoms with van der Waals surface area (Å²) in [5.74, 6) is 0.627. The minimum absolute atomic E-state index is 0.0909. The van der Waals surface area contributed by atoms with E-state index < -0.39 is 17.8 Å². The molecule has 0 spiro atoms. The lowest BCUT2D eigenvalue weighted by Gasteiger charge is -2.34. The Bertz CT molecular complexity index is 1270. The fraction of sp³-hybridized carbons (Fsp3) is 0.417. The van der Waals surface area contributed by atoms with Crippen LogP contribution in [0, 0.1) is 0 Å². The van der Waals surface area contributed by atoms with Crippen LogP contribution in [-0.2, 0) is 24.0 Å². The molecule has 2 aromatic heterocycles. The number of fused-ring (bicyclic) bond motifs is 1. The van der Waals surface area contributed by atoms with Crippen LogP contribution in [0.4, 0.5) is 28.6 Å². The molecule has 192 valence electrons. The molecule has 0 atom stereocenters. The molecule has 3 heterocycles. The van der Waals surface area contributed by atoms with Crippen molar-refractivity contribution < 1.29 is 27.5 Å². The number of benzene rings is 1. The number of alkyl halides is 3. The van der Waals surface area contributed by atoms with Gasteiger partial charge in [-0.05, 0) is 38.0 Å². The van der Waals surface area contributed by atoms with Gasteiger partial charge in [-0.1, -0.05) is 19.1 Å². The number of rotatable bonds is 7. The van der Waals surface area contributed by atoms with E-state index in [1.165, 1.54) is 26.4 Å². The topological polar surface area (TPSA) is 85.5 Å². The number of hydrogen-bond donors (Lipinski definition) is 0. The molecule has 0 radical (unpaired) electrons. The summed E-state index contributed by atoms with van der Waals surface area (Å²) in [6, 6.07) is 4.84. The molecule has 0 saturated carbocycles. The van der Waals surface area contributed by atoms with Gasteiger partial charge in [-0.2, -0.15) is 18.3 Å². The summed E-state index contributed by atoms with van der Waals surface area (Å²) in [4.78, 5) is 33.7. The Labute approximate surface area is 206 Å². The van der Waals surface area contributed by atoms with Gasteiger partial charge in [0, 0.05) is 19.3 Å². The molecule has 1 aromatic carbocycles. The van der Waals surface area contributed by atoms with E-state index in [1.54, 1.807) is 24.1 Å². The summed E-state index contributed by atoms with van der Waals surface area (Å²) in [7, 11) is 0. The fourth-order valence-electron chi connectivity index (χ4n) is 4.22. The highest BCUT2D eigenvalue weighted by molar-refractivity contribution is 5.95. The molecule has 0 fully saturated rings. The average Bonchev–Trinajstić information content (AvgIpc) is 3.44. The van der Waals surface area contributed by atoms with E-state index in [9.17, 15) is 22.8 Å². The number of ether oxygens (including phenoxy) is 1. The number of carbonyl (C=O) groups excluding carboxylic acids is 2. The Balaban J connectivity index is 1.73. The van der Waals surface area contributed by atoms with Crippen LogP contribution in [0.5, 0.6) is 0 Å². The highest BCUT2D eigenvalue weighted by Gasteiger charge is 2.36. The van der Waals surface area contributed by atoms with Crippen LogP contribution in [0.15, 0.2) is 36.7 Å². The molecule has 1 aliphatic heterocycles. The Morgan fingerprint density at radius 2 is 1.97 bits per heavy atom. The quantitative estimate of drug-likeness (QED) is 0.453. The van der Waals surface area contributed by atoms with Crippen LogP contribution >= 0.6 is 0 Å². The van der Waals surface area contributed by atoms with E-state index in [0.717, 1.165) is 18.6 Å². The van der Waals surface area contributed by atoms with Crippen LogP contribution in [0.25, 0.3) is 11.4 Å². The van der Waals surface area contributed by atoms with Crippen molar-refractivity contribution in [2.45, 2.75) is 46.5 Å². The van der Waals surface area contributed by atoms with Crippen molar-refractivity contribution >= 4 is 17.9 Å². The molecule has 0 unspecified atom stereocenters. The maximum absolute atomic E-state index is 13.1. The van der Waals surface area contributed by atoms with Gasteiger partial charge in [0.2, 0.25) is 0 Å². The van der Waals surface area contributed by atoms with Crippen LogP contribution in [0.1, 0.15) is 44.0 Å². The van der Waals surface area contributed by atoms with Crippen LogP contribution in [0.2, 0.25) is 0 Å². The first-order valence-corrected chi connectivity index (χ1v) is 11.7. The molecule has 36 heavy (non-hydrogen) atoms. The summed E-state index contributed by atoms with van der Waals surface area (Å²) in [5, 5.41) is 4.27. The van der Waals surface area contributed by atoms with E-state index in [0.29, 0.717) is 35.7 Å². The van der Waals surface area contributed by atoms with E-state index in [4.69, 9.17) is 4.74 Å². The molecule has 3 aromatic rings. The minimum Gasteiger partial charge on any atom is -0.449 e. The molecule has 2 amide bonds. The first-order chi connectivity index (χ1) is 17.2. The van der Waals surface area contributed by atoms with Gasteiger partial charge in [0.1, 0.15) is 0 Å². The average molecular weight is 505 g/mol. The summed E-state index contributed by atoms with van der Waals surface area (Å²) in [5.41, 5.74) is 0.684. The summed E-state index contributed by atoms with van der Waals surface area (Å²) in [6.07, 6.45) is -1.23. The highest BCUT2D eigenvalue weighted by Crippen LogP contribution is 2.34. The van der Waals surface area contributed by atoms with Gasteiger partial charge in [0.05, 0.1) is 42.7 Å². The number of hydrogen-bond acceptors (Lipinski definition) is 5. The van der Waals surface area contributed by atoms with Gasteiger partial charge in [-0.15, -0.1) is 0 Å². The molecule has 12 heteroatoms. The second kappa shape index (κ2) is 10.0. The van der Waals surface area contributed by atoms with Gasteiger partial charge >= 0.3 is 18.3 Å². The van der Waals surface area contributed by atoms with Crippen LogP contribution in [-0.4, -0.2) is 56.1 Å². The van der Waals surface area contributed by atoms with Gasteiger partial charge in [0.25, 0.3) is 0 Å². The summed E-state index contributed by atoms with van der Waals surface area (Å²) in [6.45, 7) is 6.80. The van der Waals surface area contributed by atoms with Crippen molar-refractivity contribution in [2.75, 3.05) is 24.6 Å². The van der Waals surface area contributed by atoms with Gasteiger partial charge < -0.3 is 9.64 Å². The zero-order valence-corrected chi connectivity index (χ0v) is 20.2. The first-order valence-electron chi connectivity index (χ1n) is 11.7. The van der Waals surface area contributed by atoms with E-state index in [1.807, 2.05) is 13.8 Å². The lowest BCUT2D eigenvalue weighted by atomic mass is 10.1. The Kier molecular flexibility index (Phi) is 7.04. The summed E-state index contributed by atoms with van der Waals surface area (Å²) < 4.78 is 47.4. The van der Waals surface area contributed by atoms with Crippen molar-refractivity contribution in [3.05, 3.63) is 53.5 Å². The zero-order chi connectivity index (χ0) is 26.0. The molecule has 4 rings (SSSR count). The van der Waals surface area contributed by atoms with Gasteiger partial charge in [-0.25, -0.2) is 19.1 Å². The number of carbonyl (C=O) groups is 2. The van der Waals surface area contributed by atoms with E-state index in [2.05, 4.69) is 10.1 Å². The number of nitrogens with zero attached hydrogens (tertiary/aromatic N) is 6. The highest BCUT2D eigenvalue weighted by atomic mass is 19.4. The Hall–Kier alpha value is -3.83. The number of imidazole rings is 1. The molecule has 0 bridgehead atoms. The zero-order valence-electron chi connectivity index (χ0n) is 20.2. The Morgan fingerprint density at radius 3 is 2.64 bits per heavy atom. The number of urea groups is 1. The Morgan fingerprint density at radius 1 is 1.19 bits per heavy atom. The smallest absolute Gasteiger partial charge is 0.420 e. The summed E-state index contributed by atoms with van der Waals surface area (Å²) >= 11 is 0. The standard InChI is InChI=1S/C24H27F3N6O3/c1-4-10-30-15-19-21(32(5-2)22(30)34)29-20(33(19)23(35)36-6-3)17-12-28-31(14-17)13-16-8-7-9-18(11-16)24(25,26)27/h7-9,11-12,14H,4-6,10,13,15H2,1-3H3. The van der Waals surface area contributed by atoms with Crippen LogP contribution < -0.4 is 4.90 Å². The molecular weight excluding hydrogens is 477 g/mol. The largest absolute Gasteiger partial charge is 0.449 e. The third kappa shape index (κ3) is 4.79. The lowest BCUT2D eigenvalue weighted by molar-refractivity contribution is -0.137. The molecule has 0 N–H and O–H groups in total. The van der Waals surface area contributed by atoms with Gasteiger partial charge in [-0.3, -0.25) is 9.58 Å². The number of halogens is 3. The van der Waals surface area contributed by atoms with Crippen molar-refractivity contribution in [2.24, 2.45) is 0 Å². The molecular formula is C24H27F3N6O3. The molecule has 1 aliphatic rings. The third-order valence-corrected chi connectivity index (χ3v) is 5.80. The number of anilines is 1. The maximum atomic E-state index is 13.1. The number of amides is 2. The minimum atomic E-state index is -4.44. The molecule has 9 nitrogen and oxygen atoms in total. The lowest BCUT2D eigenvalue weighted by Crippen LogP contribution is -2.48.